The van der Waals surface area contributed by atoms with E-state index in [9.17, 15) is 18.0 Å². The normalized spacial score (nSPS) is 11.6. The molecule has 20 heavy (non-hydrogen) atoms. The summed E-state index contributed by atoms with van der Waals surface area (Å²) in [6.45, 7) is 1.37. The number of aromatic nitrogens is 2. The number of hydrogen-bond acceptors (Lipinski definition) is 2. The zero-order valence-corrected chi connectivity index (χ0v) is 10.5. The molecule has 0 unspecified atom stereocenters. The van der Waals surface area contributed by atoms with Gasteiger partial charge in [-0.25, -0.2) is 4.68 Å². The fraction of sp³-hybridized carbons (Fsp3) is 0.231. The van der Waals surface area contributed by atoms with Gasteiger partial charge in [-0.1, -0.05) is 18.2 Å². The zero-order valence-electron chi connectivity index (χ0n) is 10.5. The third kappa shape index (κ3) is 2.66. The van der Waals surface area contributed by atoms with Gasteiger partial charge in [-0.15, -0.1) is 0 Å². The van der Waals surface area contributed by atoms with Crippen molar-refractivity contribution in [1.29, 1.82) is 0 Å². The number of carboxylic acids is 1. The highest BCUT2D eigenvalue weighted by Gasteiger charge is 2.40. The Bertz CT molecular complexity index is 633. The summed E-state index contributed by atoms with van der Waals surface area (Å²) in [5.74, 6) is -1.33. The third-order valence-corrected chi connectivity index (χ3v) is 2.78. The maximum Gasteiger partial charge on any atom is 0.433 e. The van der Waals surface area contributed by atoms with E-state index in [0.29, 0.717) is 0 Å². The van der Waals surface area contributed by atoms with Crippen molar-refractivity contribution in [3.63, 3.8) is 0 Å². The number of aliphatic carboxylic acids is 1. The molecule has 7 heteroatoms. The molecule has 0 aliphatic heterocycles. The number of halogens is 3. The predicted molar refractivity (Wildman–Crippen MR) is 64.6 cm³/mol. The Morgan fingerprint density at radius 2 is 1.90 bits per heavy atom. The predicted octanol–water partition coefficient (Wildman–Crippen LogP) is 2.83. The third-order valence-electron chi connectivity index (χ3n) is 2.78. The quantitative estimate of drug-likeness (QED) is 0.943. The van der Waals surface area contributed by atoms with Gasteiger partial charge in [0.15, 0.2) is 5.69 Å². The van der Waals surface area contributed by atoms with Gasteiger partial charge in [-0.05, 0) is 19.1 Å². The number of carbonyl (C=O) groups is 1. The van der Waals surface area contributed by atoms with Crippen LogP contribution in [0.5, 0.6) is 0 Å². The van der Waals surface area contributed by atoms with Crippen LogP contribution in [0, 0.1) is 6.92 Å². The van der Waals surface area contributed by atoms with Crippen LogP contribution in [0.3, 0.4) is 0 Å². The average Bonchev–Trinajstić information content (AvgIpc) is 2.67. The summed E-state index contributed by atoms with van der Waals surface area (Å²) in [6.07, 6.45) is -5.39. The lowest BCUT2D eigenvalue weighted by Gasteiger charge is -2.12. The Hall–Kier alpha value is -2.31. The number of carboxylic acid groups (broad SMARTS) is 1. The molecule has 2 rings (SSSR count). The molecule has 106 valence electrons. The van der Waals surface area contributed by atoms with Crippen molar-refractivity contribution in [3.8, 4) is 5.69 Å². The van der Waals surface area contributed by atoms with Crippen LogP contribution in [0.2, 0.25) is 0 Å². The number of hydrogen-bond donors (Lipinski definition) is 1. The minimum Gasteiger partial charge on any atom is -0.481 e. The first kappa shape index (κ1) is 14.1. The second kappa shape index (κ2) is 4.99. The van der Waals surface area contributed by atoms with Crippen LogP contribution in [0.15, 0.2) is 30.3 Å². The van der Waals surface area contributed by atoms with E-state index >= 15 is 0 Å². The number of alkyl halides is 3. The summed E-state index contributed by atoms with van der Waals surface area (Å²) in [4.78, 5) is 10.7. The molecule has 0 saturated carbocycles. The fourth-order valence-corrected chi connectivity index (χ4v) is 1.97. The van der Waals surface area contributed by atoms with Gasteiger partial charge in [0.05, 0.1) is 17.8 Å². The van der Waals surface area contributed by atoms with Gasteiger partial charge >= 0.3 is 12.1 Å². The molecule has 4 nitrogen and oxygen atoms in total. The molecule has 0 aliphatic carbocycles. The van der Waals surface area contributed by atoms with E-state index in [4.69, 9.17) is 5.11 Å². The van der Waals surface area contributed by atoms with E-state index < -0.39 is 24.3 Å². The van der Waals surface area contributed by atoms with Crippen molar-refractivity contribution >= 4 is 5.97 Å². The molecule has 1 aromatic heterocycles. The molecule has 0 atom stereocenters. The lowest BCUT2D eigenvalue weighted by atomic mass is 10.1. The molecule has 0 amide bonds. The molecule has 0 radical (unpaired) electrons. The summed E-state index contributed by atoms with van der Waals surface area (Å²) in [7, 11) is 0. The maximum atomic E-state index is 13.2. The molecule has 1 N–H and O–H groups in total. The van der Waals surface area contributed by atoms with E-state index in [1.165, 1.54) is 19.1 Å². The summed E-state index contributed by atoms with van der Waals surface area (Å²) >= 11 is 0. The van der Waals surface area contributed by atoms with E-state index in [2.05, 4.69) is 5.10 Å². The van der Waals surface area contributed by atoms with Crippen molar-refractivity contribution in [2.75, 3.05) is 0 Å². The van der Waals surface area contributed by atoms with E-state index in [1.54, 1.807) is 18.2 Å². The molecular formula is C13H11F3N2O2. The Morgan fingerprint density at radius 3 is 2.40 bits per heavy atom. The Morgan fingerprint density at radius 1 is 1.30 bits per heavy atom. The standard InChI is InChI=1S/C13H11F3N2O2/c1-8-10(7-11(19)20)12(13(14,15)16)18(17-8)9-5-3-2-4-6-9/h2-6H,7H2,1H3,(H,19,20). The number of para-hydroxylation sites is 1. The molecule has 1 heterocycles. The molecule has 0 aliphatic rings. The van der Waals surface area contributed by atoms with Crippen molar-refractivity contribution in [3.05, 3.63) is 47.3 Å². The molecule has 0 fully saturated rings. The zero-order chi connectivity index (χ0) is 14.9. The van der Waals surface area contributed by atoms with Crippen LogP contribution in [-0.2, 0) is 17.4 Å². The monoisotopic (exact) mass is 284 g/mol. The Balaban J connectivity index is 2.67. The second-order valence-corrected chi connectivity index (χ2v) is 4.23. The molecular weight excluding hydrogens is 273 g/mol. The largest absolute Gasteiger partial charge is 0.481 e. The van der Waals surface area contributed by atoms with Crippen molar-refractivity contribution in [2.24, 2.45) is 0 Å². The van der Waals surface area contributed by atoms with Gasteiger partial charge in [-0.3, -0.25) is 4.79 Å². The Kier molecular flexibility index (Phi) is 3.52. The minimum absolute atomic E-state index is 0.0589. The first-order valence-corrected chi connectivity index (χ1v) is 5.73. The van der Waals surface area contributed by atoms with Gasteiger partial charge in [-0.2, -0.15) is 18.3 Å². The average molecular weight is 284 g/mol. The topological polar surface area (TPSA) is 55.1 Å². The molecule has 0 bridgehead atoms. The highest BCUT2D eigenvalue weighted by Crippen LogP contribution is 2.35. The van der Waals surface area contributed by atoms with Crippen LogP contribution in [0.25, 0.3) is 5.69 Å². The van der Waals surface area contributed by atoms with E-state index in [-0.39, 0.29) is 16.9 Å². The van der Waals surface area contributed by atoms with Crippen LogP contribution < -0.4 is 0 Å². The number of aryl methyl sites for hydroxylation is 1. The summed E-state index contributed by atoms with van der Waals surface area (Å²) in [5, 5.41) is 12.6. The van der Waals surface area contributed by atoms with Gasteiger partial charge < -0.3 is 5.11 Å². The first-order chi connectivity index (χ1) is 9.30. The molecule has 2 aromatic rings. The smallest absolute Gasteiger partial charge is 0.433 e. The van der Waals surface area contributed by atoms with Crippen molar-refractivity contribution < 1.29 is 23.1 Å². The number of benzene rings is 1. The lowest BCUT2D eigenvalue weighted by Crippen LogP contribution is -2.16. The van der Waals surface area contributed by atoms with Crippen LogP contribution in [0.4, 0.5) is 13.2 Å². The van der Waals surface area contributed by atoms with Crippen LogP contribution in [-0.4, -0.2) is 20.9 Å². The van der Waals surface area contributed by atoms with Gasteiger partial charge in [0.2, 0.25) is 0 Å². The highest BCUT2D eigenvalue weighted by atomic mass is 19.4. The van der Waals surface area contributed by atoms with E-state index in [0.717, 1.165) is 4.68 Å². The van der Waals surface area contributed by atoms with Crippen molar-refractivity contribution in [2.45, 2.75) is 19.5 Å². The summed E-state index contributed by atoms with van der Waals surface area (Å²) in [6, 6.07) is 7.80. The van der Waals surface area contributed by atoms with Gasteiger partial charge in [0, 0.05) is 5.56 Å². The lowest BCUT2D eigenvalue weighted by molar-refractivity contribution is -0.144. The summed E-state index contributed by atoms with van der Waals surface area (Å²) in [5.41, 5.74) is -1.06. The number of rotatable bonds is 3. The Labute approximate surface area is 112 Å². The minimum atomic E-state index is -4.68. The van der Waals surface area contributed by atoms with Crippen molar-refractivity contribution in [1.82, 2.24) is 9.78 Å². The summed E-state index contributed by atoms with van der Waals surface area (Å²) < 4.78 is 40.4. The fourth-order valence-electron chi connectivity index (χ4n) is 1.97. The molecule has 0 saturated heterocycles. The van der Waals surface area contributed by atoms with Crippen LogP contribution in [0.1, 0.15) is 17.0 Å². The van der Waals surface area contributed by atoms with E-state index in [1.807, 2.05) is 0 Å². The maximum absolute atomic E-state index is 13.2. The van der Waals surface area contributed by atoms with Gasteiger partial charge in [0.1, 0.15) is 0 Å². The molecule has 0 spiro atoms. The SMILES string of the molecule is Cc1nn(-c2ccccc2)c(C(F)(F)F)c1CC(=O)O. The first-order valence-electron chi connectivity index (χ1n) is 5.73. The van der Waals surface area contributed by atoms with Gasteiger partial charge in [0.25, 0.3) is 0 Å². The highest BCUT2D eigenvalue weighted by molar-refractivity contribution is 5.71. The number of nitrogens with zero attached hydrogens (tertiary/aromatic N) is 2. The molecule has 1 aromatic carbocycles. The van der Waals surface area contributed by atoms with Crippen LogP contribution >= 0.6 is 0 Å². The second-order valence-electron chi connectivity index (χ2n) is 4.23.